The standard InChI is InChI=1S/C3H7Br.C3H8O.CH4/c2*1-3(2)4;/h3H,1-2H3;3-4H,1-2H3;1H4/i1D3,3D;1D3,3D,4D;. The zero-order chi connectivity index (χ0) is 14.7. The number of aliphatic hydroxyl groups is 1. The van der Waals surface area contributed by atoms with E-state index in [0.29, 0.717) is 0 Å². The highest BCUT2D eigenvalue weighted by molar-refractivity contribution is 9.09. The molecule has 2 unspecified atom stereocenters. The Morgan fingerprint density at radius 3 is 2.11 bits per heavy atom. The fourth-order valence-electron chi connectivity index (χ4n) is 0. The number of rotatable bonds is 1. The second kappa shape index (κ2) is 11.3. The Hall–Kier alpha value is 0.440. The second-order valence-corrected chi connectivity index (χ2v) is 2.28. The van der Waals surface area contributed by atoms with E-state index in [4.69, 9.17) is 12.4 Å². The molecular formula is C7H19BrO. The van der Waals surface area contributed by atoms with E-state index in [-0.39, 0.29) is 7.43 Å². The Morgan fingerprint density at radius 1 is 1.67 bits per heavy atom. The molecular weight excluding hydrogens is 180 g/mol. The highest BCUT2D eigenvalue weighted by Gasteiger charge is 1.71. The minimum atomic E-state index is -2.55. The summed E-state index contributed by atoms with van der Waals surface area (Å²) in [5.41, 5.74) is 0. The van der Waals surface area contributed by atoms with E-state index in [0.717, 1.165) is 6.92 Å². The van der Waals surface area contributed by atoms with Crippen molar-refractivity contribution in [3.63, 3.8) is 0 Å². The van der Waals surface area contributed by atoms with Crippen LogP contribution >= 0.6 is 15.9 Å². The summed E-state index contributed by atoms with van der Waals surface area (Å²) in [4.78, 5) is -1.50. The largest absolute Gasteiger partial charge is 0.394 e. The first-order chi connectivity index (χ1) is 7.06. The van der Waals surface area contributed by atoms with Crippen molar-refractivity contribution in [3.05, 3.63) is 0 Å². The van der Waals surface area contributed by atoms with Crippen LogP contribution in [0.5, 0.6) is 0 Å². The maximum absolute atomic E-state index is 6.94. The SMILES string of the molecule is C.[2H]C([2H])([2H])C([2H])(C)Br.[2H]OC([2H])(C)C([2H])([2H])[2H]. The molecule has 2 heteroatoms. The van der Waals surface area contributed by atoms with E-state index in [1.807, 2.05) is 0 Å². The summed E-state index contributed by atoms with van der Waals surface area (Å²) in [6.07, 6.45) is -2.10. The van der Waals surface area contributed by atoms with E-state index < -0.39 is 24.6 Å². The second-order valence-electron chi connectivity index (χ2n) is 1.09. The maximum Gasteiger partial charge on any atom is 0.210 e. The number of hydrogen-bond acceptors (Lipinski definition) is 1. The molecule has 0 aliphatic rings. The molecule has 0 radical (unpaired) electrons. The van der Waals surface area contributed by atoms with Crippen molar-refractivity contribution in [1.82, 2.24) is 0 Å². The number of hydrogen-bond donors (Lipinski definition) is 1. The van der Waals surface area contributed by atoms with Gasteiger partial charge in [0.25, 0.3) is 0 Å². The molecule has 0 aliphatic heterocycles. The van der Waals surface area contributed by atoms with Gasteiger partial charge in [0.1, 0.15) is 0 Å². The van der Waals surface area contributed by atoms with Gasteiger partial charge in [-0.2, -0.15) is 0 Å². The molecule has 0 aliphatic carbocycles. The number of alkyl halides is 1. The van der Waals surface area contributed by atoms with Crippen LogP contribution in [0.4, 0.5) is 0 Å². The molecule has 2 atom stereocenters. The average molecular weight is 208 g/mol. The monoisotopic (exact) mass is 207 g/mol. The predicted octanol–water partition coefficient (Wildman–Crippen LogP) is 2.81. The summed E-state index contributed by atoms with van der Waals surface area (Å²) in [5, 5.41) is 3.66. The van der Waals surface area contributed by atoms with Gasteiger partial charge in [0, 0.05) is 20.5 Å². The van der Waals surface area contributed by atoms with E-state index in [2.05, 4.69) is 21.0 Å². The van der Waals surface area contributed by atoms with Crippen LogP contribution in [0.15, 0.2) is 0 Å². The molecule has 0 spiro atoms. The van der Waals surface area contributed by atoms with Crippen molar-refractivity contribution in [2.45, 2.75) is 45.9 Å². The van der Waals surface area contributed by atoms with Gasteiger partial charge in [-0.25, -0.2) is 0 Å². The molecule has 1 N–H and O–H groups in total. The van der Waals surface area contributed by atoms with E-state index in [1.165, 1.54) is 6.92 Å². The molecule has 0 aromatic heterocycles. The molecule has 0 aromatic rings. The zero-order valence-corrected chi connectivity index (χ0v) is 6.37. The van der Waals surface area contributed by atoms with Crippen LogP contribution in [0, 0.1) is 0 Å². The van der Waals surface area contributed by atoms with Gasteiger partial charge in [0.15, 0.2) is 0 Å². The van der Waals surface area contributed by atoms with Crippen molar-refractivity contribution in [2.75, 3.05) is 0 Å². The van der Waals surface area contributed by atoms with Gasteiger partial charge in [-0.15, -0.1) is 0 Å². The molecule has 0 heterocycles. The van der Waals surface area contributed by atoms with Gasteiger partial charge < -0.3 is 5.11 Å². The lowest BCUT2D eigenvalue weighted by atomic mass is 10.5. The van der Waals surface area contributed by atoms with Crippen LogP contribution in [0.2, 0.25) is 0 Å². The lowest BCUT2D eigenvalue weighted by Gasteiger charge is -1.80. The number of halogens is 1. The zero-order valence-electron chi connectivity index (χ0n) is 13.8. The third-order valence-corrected chi connectivity index (χ3v) is 0. The van der Waals surface area contributed by atoms with Crippen LogP contribution in [0.1, 0.15) is 45.9 Å². The topological polar surface area (TPSA) is 20.2 Å². The predicted molar refractivity (Wildman–Crippen MR) is 48.1 cm³/mol. The van der Waals surface area contributed by atoms with Crippen molar-refractivity contribution >= 4 is 15.9 Å². The highest BCUT2D eigenvalue weighted by atomic mass is 79.9. The summed E-state index contributed by atoms with van der Waals surface area (Å²) >= 11 is 2.70. The first kappa shape index (κ1) is 2.82. The maximum atomic E-state index is 6.94. The van der Waals surface area contributed by atoms with Gasteiger partial charge in [-0.3, -0.25) is 0 Å². The Morgan fingerprint density at radius 2 is 2.11 bits per heavy atom. The van der Waals surface area contributed by atoms with Crippen molar-refractivity contribution in [2.24, 2.45) is 0 Å². The van der Waals surface area contributed by atoms with Gasteiger partial charge in [0.05, 0.1) is 1.37 Å². The van der Waals surface area contributed by atoms with E-state index in [1.54, 1.807) is 0 Å². The molecule has 0 fully saturated rings. The third-order valence-electron chi connectivity index (χ3n) is 0. The molecule has 60 valence electrons. The summed E-state index contributed by atoms with van der Waals surface area (Å²) in [6, 6.07) is 0. The first-order valence-electron chi connectivity index (χ1n) is 6.30. The van der Waals surface area contributed by atoms with Crippen molar-refractivity contribution in [3.8, 4) is 0 Å². The highest BCUT2D eigenvalue weighted by Crippen LogP contribution is 1.89. The summed E-state index contributed by atoms with van der Waals surface area (Å²) in [5.74, 6) is 0. The van der Waals surface area contributed by atoms with Gasteiger partial charge in [0.2, 0.25) is 1.43 Å². The van der Waals surface area contributed by atoms with Crippen molar-refractivity contribution in [1.29, 1.82) is 1.43 Å². The van der Waals surface area contributed by atoms with E-state index in [9.17, 15) is 0 Å². The van der Waals surface area contributed by atoms with Crippen LogP contribution in [-0.2, 0) is 0 Å². The molecule has 0 saturated carbocycles. The summed E-state index contributed by atoms with van der Waals surface area (Å²) in [6.45, 7) is -2.46. The summed E-state index contributed by atoms with van der Waals surface area (Å²) < 4.78 is 60.0. The fraction of sp³-hybridized carbons (Fsp3) is 1.00. The minimum Gasteiger partial charge on any atom is -0.394 e. The quantitative estimate of drug-likeness (QED) is 0.657. The Bertz CT molecular complexity index is 215. The van der Waals surface area contributed by atoms with Crippen LogP contribution in [-0.4, -0.2) is 17.4 Å². The average Bonchev–Trinajstić information content (AvgIpc) is 1.99. The smallest absolute Gasteiger partial charge is 0.210 e. The van der Waals surface area contributed by atoms with Crippen molar-refractivity contribution < 1.29 is 16.1 Å². The molecule has 9 heavy (non-hydrogen) atoms. The van der Waals surface area contributed by atoms with Gasteiger partial charge in [-0.1, -0.05) is 37.1 Å². The first-order valence-corrected chi connectivity index (χ1v) is 2.69. The lowest BCUT2D eigenvalue weighted by molar-refractivity contribution is 0.216. The third kappa shape index (κ3) is 1810. The normalized spacial score (nSPS) is 38.3. The van der Waals surface area contributed by atoms with Crippen LogP contribution in [0.25, 0.3) is 0 Å². The van der Waals surface area contributed by atoms with Crippen LogP contribution < -0.4 is 0 Å². The minimum absolute atomic E-state index is 0. The lowest BCUT2D eigenvalue weighted by Crippen LogP contribution is -1.85. The summed E-state index contributed by atoms with van der Waals surface area (Å²) in [7, 11) is 0. The molecule has 0 amide bonds. The Balaban J connectivity index is -0.000000238. The molecule has 1 nitrogen and oxygen atoms in total. The molecule has 0 saturated heterocycles. The molecule has 0 aromatic carbocycles. The molecule has 0 rings (SSSR count). The fourth-order valence-corrected chi connectivity index (χ4v) is 0. The Labute approximate surface area is 80.3 Å². The molecule has 0 bridgehead atoms. The van der Waals surface area contributed by atoms with E-state index >= 15 is 0 Å². The van der Waals surface area contributed by atoms with Gasteiger partial charge >= 0.3 is 0 Å². The Kier molecular flexibility index (Phi) is 3.53. The van der Waals surface area contributed by atoms with Crippen LogP contribution in [0.3, 0.4) is 0 Å². The van der Waals surface area contributed by atoms with Gasteiger partial charge in [-0.05, 0) is 13.8 Å².